The van der Waals surface area contributed by atoms with Crippen molar-refractivity contribution < 1.29 is 23.8 Å². The van der Waals surface area contributed by atoms with E-state index in [1.807, 2.05) is 0 Å². The van der Waals surface area contributed by atoms with E-state index in [1.165, 1.54) is 26.4 Å². The van der Waals surface area contributed by atoms with Gasteiger partial charge in [-0.15, -0.1) is 0 Å². The standard InChI is InChI=1S/C17H16BrClN2O5/c1-24-12-5-10(6-13(8-12)25-2)17(23)21-20-16(22)9-26-15-4-3-11(19)7-14(15)18/h3-8H,9H2,1-2H3,(H,20,22)(H,21,23). The summed E-state index contributed by atoms with van der Waals surface area (Å²) < 4.78 is 16.2. The van der Waals surface area contributed by atoms with Gasteiger partial charge in [-0.1, -0.05) is 11.6 Å². The fraction of sp³-hybridized carbons (Fsp3) is 0.176. The van der Waals surface area contributed by atoms with Crippen LogP contribution in [-0.2, 0) is 4.79 Å². The Morgan fingerprint density at radius 2 is 1.69 bits per heavy atom. The first kappa shape index (κ1) is 19.9. The van der Waals surface area contributed by atoms with Crippen LogP contribution in [0.5, 0.6) is 17.2 Å². The number of ether oxygens (including phenoxy) is 3. The summed E-state index contributed by atoms with van der Waals surface area (Å²) in [5, 5.41) is 0.537. The number of carbonyl (C=O) groups is 2. The molecule has 0 radical (unpaired) electrons. The fourth-order valence-corrected chi connectivity index (χ4v) is 2.71. The monoisotopic (exact) mass is 442 g/mol. The Bertz CT molecular complexity index is 793. The molecule has 0 aliphatic rings. The molecule has 0 saturated carbocycles. The van der Waals surface area contributed by atoms with Crippen LogP contribution in [-0.4, -0.2) is 32.6 Å². The zero-order valence-corrected chi connectivity index (χ0v) is 16.3. The van der Waals surface area contributed by atoms with Gasteiger partial charge in [0.1, 0.15) is 17.2 Å². The second-order valence-corrected chi connectivity index (χ2v) is 6.26. The van der Waals surface area contributed by atoms with Crippen molar-refractivity contribution >= 4 is 39.3 Å². The quantitative estimate of drug-likeness (QED) is 0.671. The molecule has 0 unspecified atom stereocenters. The normalized spacial score (nSPS) is 10.0. The third kappa shape index (κ3) is 5.53. The first-order valence-electron chi connectivity index (χ1n) is 7.33. The zero-order chi connectivity index (χ0) is 19.1. The van der Waals surface area contributed by atoms with Crippen molar-refractivity contribution in [3.8, 4) is 17.2 Å². The Kier molecular flexibility index (Phi) is 7.11. The summed E-state index contributed by atoms with van der Waals surface area (Å²) >= 11 is 9.12. The molecule has 0 atom stereocenters. The summed E-state index contributed by atoms with van der Waals surface area (Å²) in [4.78, 5) is 24.0. The molecule has 2 N–H and O–H groups in total. The molecule has 0 fully saturated rings. The first-order valence-corrected chi connectivity index (χ1v) is 8.50. The zero-order valence-electron chi connectivity index (χ0n) is 14.0. The van der Waals surface area contributed by atoms with Crippen LogP contribution < -0.4 is 25.1 Å². The van der Waals surface area contributed by atoms with Crippen molar-refractivity contribution in [2.24, 2.45) is 0 Å². The van der Waals surface area contributed by atoms with E-state index in [2.05, 4.69) is 26.8 Å². The van der Waals surface area contributed by atoms with Crippen LogP contribution in [0.15, 0.2) is 40.9 Å². The lowest BCUT2D eigenvalue weighted by molar-refractivity contribution is -0.123. The molecule has 0 saturated heterocycles. The number of hydrazine groups is 1. The van der Waals surface area contributed by atoms with Crippen LogP contribution in [0, 0.1) is 0 Å². The van der Waals surface area contributed by atoms with Gasteiger partial charge >= 0.3 is 0 Å². The van der Waals surface area contributed by atoms with Gasteiger partial charge in [0, 0.05) is 16.7 Å². The second-order valence-electron chi connectivity index (χ2n) is 4.97. The maximum Gasteiger partial charge on any atom is 0.276 e. The highest BCUT2D eigenvalue weighted by Gasteiger charge is 2.12. The van der Waals surface area contributed by atoms with E-state index in [9.17, 15) is 9.59 Å². The lowest BCUT2D eigenvalue weighted by Crippen LogP contribution is -2.43. The van der Waals surface area contributed by atoms with E-state index in [0.717, 1.165) is 0 Å². The predicted octanol–water partition coefficient (Wildman–Crippen LogP) is 2.96. The minimum absolute atomic E-state index is 0.267. The summed E-state index contributed by atoms with van der Waals surface area (Å²) in [5.41, 5.74) is 4.84. The van der Waals surface area contributed by atoms with E-state index in [1.54, 1.807) is 24.3 Å². The molecule has 2 aromatic carbocycles. The Balaban J connectivity index is 1.89. The topological polar surface area (TPSA) is 85.9 Å². The molecule has 2 aromatic rings. The van der Waals surface area contributed by atoms with Crippen molar-refractivity contribution in [2.75, 3.05) is 20.8 Å². The molecule has 0 aliphatic heterocycles. The highest BCUT2D eigenvalue weighted by molar-refractivity contribution is 9.10. The Labute approximate surface area is 163 Å². The maximum atomic E-state index is 12.2. The summed E-state index contributed by atoms with van der Waals surface area (Å²) in [5.74, 6) is 0.306. The maximum absolute atomic E-state index is 12.2. The highest BCUT2D eigenvalue weighted by Crippen LogP contribution is 2.27. The van der Waals surface area contributed by atoms with E-state index < -0.39 is 11.8 Å². The van der Waals surface area contributed by atoms with Crippen LogP contribution in [0.4, 0.5) is 0 Å². The number of methoxy groups -OCH3 is 2. The van der Waals surface area contributed by atoms with Gasteiger partial charge in [0.15, 0.2) is 6.61 Å². The minimum atomic E-state index is -0.532. The van der Waals surface area contributed by atoms with Gasteiger partial charge < -0.3 is 14.2 Å². The van der Waals surface area contributed by atoms with Crippen molar-refractivity contribution in [3.05, 3.63) is 51.5 Å². The summed E-state index contributed by atoms with van der Waals surface area (Å²) in [6, 6.07) is 9.58. The van der Waals surface area contributed by atoms with Crippen molar-refractivity contribution in [1.82, 2.24) is 10.9 Å². The second kappa shape index (κ2) is 9.30. The van der Waals surface area contributed by atoms with Crippen LogP contribution in [0.3, 0.4) is 0 Å². The largest absolute Gasteiger partial charge is 0.497 e. The van der Waals surface area contributed by atoms with Crippen LogP contribution >= 0.6 is 27.5 Å². The molecule has 26 heavy (non-hydrogen) atoms. The van der Waals surface area contributed by atoms with E-state index in [4.69, 9.17) is 25.8 Å². The predicted molar refractivity (Wildman–Crippen MR) is 99.8 cm³/mol. The Hall–Kier alpha value is -2.45. The summed E-state index contributed by atoms with van der Waals surface area (Å²) in [6.07, 6.45) is 0. The molecular formula is C17H16BrClN2O5. The molecule has 0 bridgehead atoms. The van der Waals surface area contributed by atoms with Crippen molar-refractivity contribution in [1.29, 1.82) is 0 Å². The summed E-state index contributed by atoms with van der Waals surface area (Å²) in [6.45, 7) is -0.290. The minimum Gasteiger partial charge on any atom is -0.497 e. The Morgan fingerprint density at radius 1 is 1.04 bits per heavy atom. The molecule has 0 aromatic heterocycles. The van der Waals surface area contributed by atoms with Gasteiger partial charge in [-0.05, 0) is 46.3 Å². The molecule has 0 spiro atoms. The fourth-order valence-electron chi connectivity index (χ4n) is 1.91. The van der Waals surface area contributed by atoms with Gasteiger partial charge in [-0.25, -0.2) is 0 Å². The molecule has 0 heterocycles. The first-order chi connectivity index (χ1) is 12.4. The van der Waals surface area contributed by atoms with E-state index >= 15 is 0 Å². The molecule has 7 nitrogen and oxygen atoms in total. The van der Waals surface area contributed by atoms with Crippen LogP contribution in [0.2, 0.25) is 5.02 Å². The number of hydrogen-bond acceptors (Lipinski definition) is 5. The number of benzene rings is 2. The van der Waals surface area contributed by atoms with Gasteiger partial charge in [0.05, 0.1) is 18.7 Å². The average molecular weight is 444 g/mol. The smallest absolute Gasteiger partial charge is 0.276 e. The number of carbonyl (C=O) groups excluding carboxylic acids is 2. The summed E-state index contributed by atoms with van der Waals surface area (Å²) in [7, 11) is 2.95. The van der Waals surface area contributed by atoms with Crippen molar-refractivity contribution in [2.45, 2.75) is 0 Å². The lowest BCUT2D eigenvalue weighted by Gasteiger charge is -2.11. The number of hydrogen-bond donors (Lipinski definition) is 2. The van der Waals surface area contributed by atoms with Crippen molar-refractivity contribution in [3.63, 3.8) is 0 Å². The average Bonchev–Trinajstić information content (AvgIpc) is 2.64. The van der Waals surface area contributed by atoms with Crippen LogP contribution in [0.25, 0.3) is 0 Å². The third-order valence-corrected chi connectivity index (χ3v) is 4.04. The molecule has 9 heteroatoms. The van der Waals surface area contributed by atoms with E-state index in [0.29, 0.717) is 26.7 Å². The van der Waals surface area contributed by atoms with Gasteiger partial charge in [-0.2, -0.15) is 0 Å². The molecule has 2 rings (SSSR count). The third-order valence-electron chi connectivity index (χ3n) is 3.18. The Morgan fingerprint density at radius 3 is 2.27 bits per heavy atom. The van der Waals surface area contributed by atoms with Gasteiger partial charge in [0.2, 0.25) is 0 Å². The van der Waals surface area contributed by atoms with Gasteiger partial charge in [0.25, 0.3) is 11.8 Å². The number of amides is 2. The molecule has 0 aliphatic carbocycles. The SMILES string of the molecule is COc1cc(OC)cc(C(=O)NNC(=O)COc2ccc(Cl)cc2Br)c1. The number of rotatable bonds is 6. The molecular weight excluding hydrogens is 428 g/mol. The number of nitrogens with one attached hydrogen (secondary N) is 2. The lowest BCUT2D eigenvalue weighted by atomic mass is 10.2. The number of halogens is 2. The van der Waals surface area contributed by atoms with E-state index in [-0.39, 0.29) is 12.2 Å². The molecule has 2 amide bonds. The molecule has 138 valence electrons. The van der Waals surface area contributed by atoms with Crippen LogP contribution in [0.1, 0.15) is 10.4 Å². The highest BCUT2D eigenvalue weighted by atomic mass is 79.9. The van der Waals surface area contributed by atoms with Gasteiger partial charge in [-0.3, -0.25) is 20.4 Å².